The van der Waals surface area contributed by atoms with Crippen LogP contribution in [-0.4, -0.2) is 152 Å². The molecule has 0 aliphatic heterocycles. The van der Waals surface area contributed by atoms with Crippen LogP contribution in [0.3, 0.4) is 0 Å². The smallest absolute Gasteiger partial charge is 0.407 e. The third kappa shape index (κ3) is 33.6. The number of hydrogen-bond acceptors (Lipinski definition) is 14. The van der Waals surface area contributed by atoms with Crippen molar-refractivity contribution in [3.8, 4) is 0 Å². The Balaban J connectivity index is 2.36. The van der Waals surface area contributed by atoms with Crippen molar-refractivity contribution < 1.29 is 67.0 Å². The number of carboxylic acids is 1. The summed E-state index contributed by atoms with van der Waals surface area (Å²) in [6, 6.07) is 6.95. The highest BCUT2D eigenvalue weighted by molar-refractivity contribution is 5.90. The lowest BCUT2D eigenvalue weighted by atomic mass is 10.1. The second kappa shape index (κ2) is 35.9. The van der Waals surface area contributed by atoms with Gasteiger partial charge in [0.1, 0.15) is 24.3 Å². The molecule has 0 heterocycles. The van der Waals surface area contributed by atoms with Gasteiger partial charge in [0.15, 0.2) is 0 Å². The van der Waals surface area contributed by atoms with Crippen LogP contribution in [0.25, 0.3) is 10.4 Å². The van der Waals surface area contributed by atoms with Gasteiger partial charge in [-0.3, -0.25) is 9.59 Å². The molecule has 4 amide bonds. The van der Waals surface area contributed by atoms with Crippen molar-refractivity contribution in [1.29, 1.82) is 0 Å². The molecule has 0 unspecified atom stereocenters. The zero-order valence-corrected chi connectivity index (χ0v) is 35.9. The van der Waals surface area contributed by atoms with Gasteiger partial charge in [0.25, 0.3) is 0 Å². The van der Waals surface area contributed by atoms with E-state index in [0.717, 1.165) is 5.56 Å². The van der Waals surface area contributed by atoms with Gasteiger partial charge in [-0.05, 0) is 70.4 Å². The van der Waals surface area contributed by atoms with Crippen LogP contribution in [-0.2, 0) is 58.9 Å². The summed E-state index contributed by atoms with van der Waals surface area (Å²) in [4.78, 5) is 64.8. The van der Waals surface area contributed by atoms with E-state index < -0.39 is 47.7 Å². The number of carbonyl (C=O) groups excluding carboxylic acids is 4. The Labute approximate surface area is 358 Å². The fourth-order valence-corrected chi connectivity index (χ4v) is 5.00. The summed E-state index contributed by atoms with van der Waals surface area (Å²) in [7, 11) is 0. The molecule has 1 aromatic carbocycles. The van der Waals surface area contributed by atoms with Crippen LogP contribution in [0, 0.1) is 0 Å². The fourth-order valence-electron chi connectivity index (χ4n) is 5.00. The summed E-state index contributed by atoms with van der Waals surface area (Å²) in [6.07, 6.45) is 0.794. The minimum Gasteiger partial charge on any atom is -0.480 e. The third-order valence-corrected chi connectivity index (χ3v) is 7.99. The normalized spacial score (nSPS) is 12.0. The number of nitrogens with one attached hydrogen (secondary N) is 4. The minimum absolute atomic E-state index is 0.0477. The monoisotopic (exact) mass is 869 g/mol. The summed E-state index contributed by atoms with van der Waals surface area (Å²) in [5.41, 5.74) is 8.37. The Morgan fingerprint density at radius 3 is 1.67 bits per heavy atom. The molecule has 2 atom stereocenters. The van der Waals surface area contributed by atoms with E-state index in [1.165, 1.54) is 0 Å². The summed E-state index contributed by atoms with van der Waals surface area (Å²) in [6.45, 7) is 10.3. The Bertz CT molecular complexity index is 1400. The average molecular weight is 870 g/mol. The number of azide groups is 1. The molecule has 0 radical (unpaired) electrons. The van der Waals surface area contributed by atoms with Crippen LogP contribution >= 0.6 is 0 Å². The largest absolute Gasteiger partial charge is 0.480 e. The molecule has 1 aromatic rings. The summed E-state index contributed by atoms with van der Waals surface area (Å²) >= 11 is 0. The lowest BCUT2D eigenvalue weighted by Crippen LogP contribution is -2.51. The van der Waals surface area contributed by atoms with E-state index in [0.29, 0.717) is 85.1 Å². The lowest BCUT2D eigenvalue weighted by Gasteiger charge is -2.22. The Kier molecular flexibility index (Phi) is 32.0. The highest BCUT2D eigenvalue weighted by Crippen LogP contribution is 2.09. The number of unbranched alkanes of at least 4 members (excludes halogenated alkanes) is 2. The van der Waals surface area contributed by atoms with Gasteiger partial charge in [0, 0.05) is 31.0 Å². The number of amides is 4. The molecule has 1 rings (SSSR count). The maximum absolute atomic E-state index is 13.3. The molecule has 0 spiro atoms. The van der Waals surface area contributed by atoms with E-state index in [2.05, 4.69) is 31.3 Å². The van der Waals surface area contributed by atoms with Gasteiger partial charge in [-0.1, -0.05) is 35.4 Å². The number of rotatable bonds is 37. The predicted molar refractivity (Wildman–Crippen MR) is 222 cm³/mol. The number of ether oxygens (including phenoxy) is 8. The maximum atomic E-state index is 13.3. The van der Waals surface area contributed by atoms with Crippen molar-refractivity contribution in [1.82, 2.24) is 21.3 Å². The third-order valence-electron chi connectivity index (χ3n) is 7.99. The quantitative estimate of drug-likeness (QED) is 0.0277. The summed E-state index contributed by atoms with van der Waals surface area (Å²) in [5, 5.41) is 23.7. The number of aliphatic carboxylic acids is 1. The number of hydrogen-bond donors (Lipinski definition) is 5. The van der Waals surface area contributed by atoms with Crippen LogP contribution in [0.15, 0.2) is 35.4 Å². The summed E-state index contributed by atoms with van der Waals surface area (Å²) < 4.78 is 42.9. The van der Waals surface area contributed by atoms with Gasteiger partial charge in [0.05, 0.1) is 79.3 Å². The van der Waals surface area contributed by atoms with Crippen LogP contribution in [0.1, 0.15) is 71.3 Å². The minimum atomic E-state index is -1.23. The van der Waals surface area contributed by atoms with E-state index in [1.54, 1.807) is 20.8 Å². The number of nitrogens with zero attached hydrogens (tertiary/aromatic N) is 3. The van der Waals surface area contributed by atoms with Gasteiger partial charge in [0.2, 0.25) is 11.8 Å². The zero-order chi connectivity index (χ0) is 44.8. The molecule has 346 valence electrons. The van der Waals surface area contributed by atoms with E-state index in [-0.39, 0.29) is 65.3 Å². The molecule has 0 fully saturated rings. The molecule has 0 saturated carbocycles. The van der Waals surface area contributed by atoms with Crippen molar-refractivity contribution in [2.24, 2.45) is 5.11 Å². The van der Waals surface area contributed by atoms with E-state index in [9.17, 15) is 29.1 Å². The molecule has 0 saturated heterocycles. The van der Waals surface area contributed by atoms with Crippen LogP contribution in [0.2, 0.25) is 0 Å². The second-order valence-corrected chi connectivity index (χ2v) is 14.3. The number of alkyl carbamates (subject to hydrolysis) is 2. The first-order valence-electron chi connectivity index (χ1n) is 20.6. The van der Waals surface area contributed by atoms with E-state index >= 15 is 0 Å². The first-order chi connectivity index (χ1) is 29.4. The van der Waals surface area contributed by atoms with Crippen molar-refractivity contribution in [2.45, 2.75) is 90.0 Å². The molecule has 0 aliphatic carbocycles. The number of carboxylic acid groups (broad SMARTS) is 1. The van der Waals surface area contributed by atoms with Crippen molar-refractivity contribution in [3.63, 3.8) is 0 Å². The van der Waals surface area contributed by atoms with Gasteiger partial charge in [-0.2, -0.15) is 0 Å². The molecule has 0 aliphatic rings. The van der Waals surface area contributed by atoms with Crippen LogP contribution in [0.5, 0.6) is 0 Å². The molecular formula is C40H67N7O14. The standard InChI is InChI=1S/C40H67N7O14/c1-40(2,3)61-39(53)43-17-9-7-13-33(36(49)46-34(37(50)51)14-8-10-16-42-38(52)60-31-32-11-5-4-6-12-32)45-35(48)15-19-54-21-23-56-25-27-58-29-30-59-28-26-57-24-22-55-20-18-44-47-41/h4-6,11-12,33-34H,7-10,13-31H2,1-3H3,(H,42,52)(H,43,53)(H,45,48)(H,46,49)(H,50,51)/t33-,34-/m0/s1. The predicted octanol–water partition coefficient (Wildman–Crippen LogP) is 3.63. The average Bonchev–Trinajstić information content (AvgIpc) is 3.21. The van der Waals surface area contributed by atoms with Gasteiger partial charge < -0.3 is 64.3 Å². The van der Waals surface area contributed by atoms with Gasteiger partial charge in [-0.15, -0.1) is 0 Å². The SMILES string of the molecule is CC(C)(C)OC(=O)NCCCC[C@H](NC(=O)CCOCCOCCOCCOCCOCCOCCN=[N+]=[N-])C(=O)N[C@@H](CCCCNC(=O)OCc1ccccc1)C(=O)O. The molecular weight excluding hydrogens is 802 g/mol. The van der Waals surface area contributed by atoms with Crippen LogP contribution < -0.4 is 21.3 Å². The molecule has 0 bridgehead atoms. The van der Waals surface area contributed by atoms with Crippen LogP contribution in [0.4, 0.5) is 9.59 Å². The molecule has 5 N–H and O–H groups in total. The Morgan fingerprint density at radius 2 is 1.16 bits per heavy atom. The van der Waals surface area contributed by atoms with Crippen molar-refractivity contribution in [2.75, 3.05) is 98.9 Å². The van der Waals surface area contributed by atoms with Crippen molar-refractivity contribution >= 4 is 30.0 Å². The topological polar surface area (TPSA) is 276 Å². The van der Waals surface area contributed by atoms with Gasteiger partial charge >= 0.3 is 18.2 Å². The number of carbonyl (C=O) groups is 5. The Morgan fingerprint density at radius 1 is 0.672 bits per heavy atom. The lowest BCUT2D eigenvalue weighted by molar-refractivity contribution is -0.142. The maximum Gasteiger partial charge on any atom is 0.407 e. The van der Waals surface area contributed by atoms with E-state index in [1.807, 2.05) is 30.3 Å². The van der Waals surface area contributed by atoms with Crippen molar-refractivity contribution in [3.05, 3.63) is 46.3 Å². The molecule has 21 nitrogen and oxygen atoms in total. The number of benzene rings is 1. The molecule has 21 heteroatoms. The first-order valence-corrected chi connectivity index (χ1v) is 20.6. The highest BCUT2D eigenvalue weighted by atomic mass is 16.6. The highest BCUT2D eigenvalue weighted by Gasteiger charge is 2.26. The first kappa shape index (κ1) is 54.3. The van der Waals surface area contributed by atoms with E-state index in [4.69, 9.17) is 43.4 Å². The zero-order valence-electron chi connectivity index (χ0n) is 35.9. The molecule has 0 aromatic heterocycles. The van der Waals surface area contributed by atoms with Gasteiger partial charge in [-0.25, -0.2) is 14.4 Å². The Hall–Kier alpha value is -4.76. The molecule has 61 heavy (non-hydrogen) atoms. The summed E-state index contributed by atoms with van der Waals surface area (Å²) in [5.74, 6) is -2.34. The second-order valence-electron chi connectivity index (χ2n) is 14.3. The fraction of sp³-hybridized carbons (Fsp3) is 0.725.